The number of carboxylic acids is 1. The van der Waals surface area contributed by atoms with Gasteiger partial charge in [-0.05, 0) is 74.2 Å². The van der Waals surface area contributed by atoms with E-state index in [1.54, 1.807) is 18.2 Å². The van der Waals surface area contributed by atoms with Gasteiger partial charge in [0, 0.05) is 27.6 Å². The van der Waals surface area contributed by atoms with Crippen LogP contribution in [0.5, 0.6) is 0 Å². The highest BCUT2D eigenvalue weighted by atomic mass is 79.9. The van der Waals surface area contributed by atoms with E-state index in [1.165, 1.54) is 7.05 Å². The van der Waals surface area contributed by atoms with Crippen LogP contribution in [-0.2, 0) is 23.6 Å². The van der Waals surface area contributed by atoms with Gasteiger partial charge in [-0.1, -0.05) is 12.1 Å². The zero-order valence-corrected chi connectivity index (χ0v) is 19.8. The Morgan fingerprint density at radius 3 is 1.97 bits per heavy atom. The molecule has 0 bridgehead atoms. The smallest absolute Gasteiger partial charge is 0.416 e. The molecule has 0 saturated carbocycles. The fourth-order valence-corrected chi connectivity index (χ4v) is 3.54. The van der Waals surface area contributed by atoms with Crippen molar-refractivity contribution >= 4 is 43.7 Å². The highest BCUT2D eigenvalue weighted by molar-refractivity contribution is 9.13. The third-order valence-electron chi connectivity index (χ3n) is 4.54. The highest BCUT2D eigenvalue weighted by Gasteiger charge is 2.38. The van der Waals surface area contributed by atoms with Gasteiger partial charge in [-0.2, -0.15) is 26.3 Å². The Bertz CT molecular complexity index is 1050. The van der Waals surface area contributed by atoms with E-state index in [4.69, 9.17) is 5.11 Å². The van der Waals surface area contributed by atoms with E-state index in [2.05, 4.69) is 31.9 Å². The second-order valence-corrected chi connectivity index (χ2v) is 8.64. The molecule has 0 radical (unpaired) electrons. The van der Waals surface area contributed by atoms with Gasteiger partial charge in [0.05, 0.1) is 17.2 Å². The van der Waals surface area contributed by atoms with E-state index in [-0.39, 0.29) is 12.5 Å². The van der Waals surface area contributed by atoms with Crippen molar-refractivity contribution in [2.24, 2.45) is 0 Å². The molecule has 33 heavy (non-hydrogen) atoms. The molecule has 0 aliphatic carbocycles. The molecule has 1 amide bonds. The minimum absolute atomic E-state index is 0.0446. The number of carbonyl (C=O) groups is 2. The maximum atomic E-state index is 13.1. The lowest BCUT2D eigenvalue weighted by Crippen LogP contribution is -2.37. The summed E-state index contributed by atoms with van der Waals surface area (Å²) >= 11 is 6.59. The summed E-state index contributed by atoms with van der Waals surface area (Å²) in [6, 6.07) is 4.64. The van der Waals surface area contributed by atoms with Gasteiger partial charge in [0.15, 0.2) is 0 Å². The first-order valence-electron chi connectivity index (χ1n) is 9.01. The fraction of sp³-hybridized carbons (Fsp3) is 0.238. The second kappa shape index (κ2) is 10.3. The van der Waals surface area contributed by atoms with Crippen LogP contribution >= 0.6 is 31.9 Å². The van der Waals surface area contributed by atoms with Crippen molar-refractivity contribution in [3.63, 3.8) is 0 Å². The molecule has 0 heterocycles. The Labute approximate surface area is 201 Å². The van der Waals surface area contributed by atoms with Crippen LogP contribution in [0.1, 0.15) is 27.0 Å². The predicted molar refractivity (Wildman–Crippen MR) is 115 cm³/mol. The van der Waals surface area contributed by atoms with Crippen LogP contribution in [0, 0.1) is 0 Å². The molecule has 0 spiro atoms. The Morgan fingerprint density at radius 1 is 0.970 bits per heavy atom. The minimum atomic E-state index is -5.11. The Hall–Kier alpha value is -2.34. The second-order valence-electron chi connectivity index (χ2n) is 6.93. The Kier molecular flexibility index (Phi) is 8.39. The molecule has 1 N–H and O–H groups in total. The van der Waals surface area contributed by atoms with E-state index < -0.39 is 47.0 Å². The van der Waals surface area contributed by atoms with Crippen molar-refractivity contribution in [1.82, 2.24) is 4.90 Å². The fourth-order valence-electron chi connectivity index (χ4n) is 2.87. The number of likely N-dealkylation sites (N-methyl/N-ethyl adjacent to an activating group) is 1. The number of halogens is 8. The van der Waals surface area contributed by atoms with E-state index >= 15 is 0 Å². The Balaban J connectivity index is 2.49. The summed E-state index contributed by atoms with van der Waals surface area (Å²) in [5.41, 5.74) is -3.44. The number of carboxylic acid groups (broad SMARTS) is 1. The van der Waals surface area contributed by atoms with Crippen molar-refractivity contribution in [1.29, 1.82) is 0 Å². The molecule has 0 aliphatic heterocycles. The summed E-state index contributed by atoms with van der Waals surface area (Å²) in [5, 5.41) is 8.94. The van der Waals surface area contributed by atoms with Gasteiger partial charge in [-0.25, -0.2) is 4.79 Å². The number of hydrogen-bond acceptors (Lipinski definition) is 2. The van der Waals surface area contributed by atoms with Crippen LogP contribution in [0.15, 0.2) is 57.5 Å². The zero-order chi connectivity index (χ0) is 25.1. The van der Waals surface area contributed by atoms with E-state index in [9.17, 15) is 35.9 Å². The lowest BCUT2D eigenvalue weighted by molar-refractivity contribution is -0.143. The minimum Gasteiger partial charge on any atom is -0.478 e. The van der Waals surface area contributed by atoms with Crippen LogP contribution in [0.2, 0.25) is 0 Å². The van der Waals surface area contributed by atoms with Gasteiger partial charge in [0.2, 0.25) is 0 Å². The summed E-state index contributed by atoms with van der Waals surface area (Å²) in [6.45, 7) is 0. The lowest BCUT2D eigenvalue weighted by Gasteiger charge is -2.27. The van der Waals surface area contributed by atoms with Gasteiger partial charge in [-0.3, -0.25) is 4.79 Å². The number of nitrogens with zero attached hydrogens (tertiary/aromatic N) is 1. The van der Waals surface area contributed by atoms with Gasteiger partial charge in [0.25, 0.3) is 5.91 Å². The van der Waals surface area contributed by atoms with E-state index in [0.717, 1.165) is 21.5 Å². The van der Waals surface area contributed by atoms with Crippen LogP contribution in [0.4, 0.5) is 26.3 Å². The van der Waals surface area contributed by atoms with E-state index in [1.807, 2.05) is 0 Å². The van der Waals surface area contributed by atoms with Crippen LogP contribution in [0.25, 0.3) is 0 Å². The number of hydrogen-bond donors (Lipinski definition) is 1. The summed E-state index contributed by atoms with van der Waals surface area (Å²) in [4.78, 5) is 24.8. The third-order valence-corrected chi connectivity index (χ3v) is 6.42. The standard InChI is InChI=1S/C21H15Br2F6NO3/c1-30(15(3-5-18(31)32)6-11-2-4-16(22)17(23)7-11)19(33)12-8-13(20(24,25)26)10-14(9-12)21(27,28)29/h2-5,7-10,15H,6H2,1H3,(H,31,32)/t15-/m1/s1. The number of rotatable bonds is 6. The monoisotopic (exact) mass is 601 g/mol. The number of alkyl halides is 6. The Morgan fingerprint density at radius 2 is 1.52 bits per heavy atom. The highest BCUT2D eigenvalue weighted by Crippen LogP contribution is 2.36. The quantitative estimate of drug-likeness (QED) is 0.300. The SMILES string of the molecule is CN(C(=O)c1cc(C(F)(F)F)cc(C(F)(F)F)c1)[C@H](C=CC(=O)O)Cc1ccc(Br)c(Br)c1. The first kappa shape index (κ1) is 26.9. The molecule has 0 unspecified atom stereocenters. The molecule has 178 valence electrons. The van der Waals surface area contributed by atoms with Crippen molar-refractivity contribution in [3.8, 4) is 0 Å². The average Bonchev–Trinajstić information content (AvgIpc) is 2.70. The van der Waals surface area contributed by atoms with Crippen LogP contribution < -0.4 is 0 Å². The number of carbonyl (C=O) groups excluding carboxylic acids is 1. The molecule has 0 fully saturated rings. The normalized spacial score (nSPS) is 13.2. The van der Waals surface area contributed by atoms with Gasteiger partial charge in [-0.15, -0.1) is 0 Å². The molecule has 2 aromatic carbocycles. The predicted octanol–water partition coefficient (Wildman–Crippen LogP) is 6.57. The molecule has 0 aliphatic rings. The molecule has 2 rings (SSSR count). The maximum absolute atomic E-state index is 13.1. The number of benzene rings is 2. The van der Waals surface area contributed by atoms with Crippen molar-refractivity contribution in [2.75, 3.05) is 7.05 Å². The van der Waals surface area contributed by atoms with Crippen molar-refractivity contribution < 1.29 is 41.0 Å². The molecule has 0 aromatic heterocycles. The molecular formula is C21H15Br2F6NO3. The third kappa shape index (κ3) is 7.32. The first-order chi connectivity index (χ1) is 15.1. The summed E-state index contributed by atoms with van der Waals surface area (Å²) in [6.07, 6.45) is -8.30. The zero-order valence-electron chi connectivity index (χ0n) is 16.6. The lowest BCUT2D eigenvalue weighted by atomic mass is 10.0. The average molecular weight is 603 g/mol. The molecule has 1 atom stereocenters. The topological polar surface area (TPSA) is 57.6 Å². The van der Waals surface area contributed by atoms with Gasteiger partial charge < -0.3 is 10.0 Å². The molecular weight excluding hydrogens is 588 g/mol. The molecule has 0 saturated heterocycles. The van der Waals surface area contributed by atoms with Crippen LogP contribution in [-0.4, -0.2) is 35.0 Å². The van der Waals surface area contributed by atoms with Gasteiger partial charge >= 0.3 is 18.3 Å². The molecule has 2 aromatic rings. The van der Waals surface area contributed by atoms with E-state index in [0.29, 0.717) is 22.2 Å². The molecule has 4 nitrogen and oxygen atoms in total. The van der Waals surface area contributed by atoms with Gasteiger partial charge in [0.1, 0.15) is 0 Å². The summed E-state index contributed by atoms with van der Waals surface area (Å²) in [5.74, 6) is -2.47. The number of aliphatic carboxylic acids is 1. The first-order valence-corrected chi connectivity index (χ1v) is 10.6. The van der Waals surface area contributed by atoms with Crippen molar-refractivity contribution in [3.05, 3.63) is 79.7 Å². The largest absolute Gasteiger partial charge is 0.478 e. The summed E-state index contributed by atoms with van der Waals surface area (Å²) in [7, 11) is 1.17. The maximum Gasteiger partial charge on any atom is 0.416 e. The summed E-state index contributed by atoms with van der Waals surface area (Å²) < 4.78 is 80.3. The number of amides is 1. The molecule has 12 heteroatoms. The van der Waals surface area contributed by atoms with Crippen LogP contribution in [0.3, 0.4) is 0 Å². The van der Waals surface area contributed by atoms with Crippen molar-refractivity contribution in [2.45, 2.75) is 24.8 Å².